The molecule has 126 valence electrons. The van der Waals surface area contributed by atoms with Crippen LogP contribution in [-0.2, 0) is 9.53 Å². The summed E-state index contributed by atoms with van der Waals surface area (Å²) >= 11 is 0. The summed E-state index contributed by atoms with van der Waals surface area (Å²) in [6, 6.07) is 20.3. The van der Waals surface area contributed by atoms with Crippen LogP contribution in [0.3, 0.4) is 0 Å². The van der Waals surface area contributed by atoms with Gasteiger partial charge in [-0.1, -0.05) is 80.9 Å². The van der Waals surface area contributed by atoms with Gasteiger partial charge in [0.1, 0.15) is 6.10 Å². The Morgan fingerprint density at radius 1 is 1.04 bits per heavy atom. The van der Waals surface area contributed by atoms with E-state index in [0.29, 0.717) is 11.8 Å². The SMILES string of the molecule is CCC1C(C)C(c2ccccc2)C1C(=O)OC(C)c1ccccc1. The summed E-state index contributed by atoms with van der Waals surface area (Å²) in [5.41, 5.74) is 2.30. The number of carbonyl (C=O) groups is 1. The monoisotopic (exact) mass is 322 g/mol. The van der Waals surface area contributed by atoms with Gasteiger partial charge in [-0.05, 0) is 29.9 Å². The zero-order chi connectivity index (χ0) is 17.1. The lowest BCUT2D eigenvalue weighted by molar-refractivity contribution is -0.165. The Kier molecular flexibility index (Phi) is 5.03. The fraction of sp³-hybridized carbons (Fsp3) is 0.409. The average Bonchev–Trinajstić information content (AvgIpc) is 2.61. The van der Waals surface area contributed by atoms with E-state index in [0.717, 1.165) is 12.0 Å². The van der Waals surface area contributed by atoms with Gasteiger partial charge in [0, 0.05) is 5.92 Å². The Bertz CT molecular complexity index is 665. The van der Waals surface area contributed by atoms with Crippen LogP contribution in [0.1, 0.15) is 50.3 Å². The Hall–Kier alpha value is -2.09. The third-order valence-electron chi connectivity index (χ3n) is 5.58. The zero-order valence-corrected chi connectivity index (χ0v) is 14.7. The molecule has 5 unspecified atom stereocenters. The number of hydrogen-bond acceptors (Lipinski definition) is 2. The molecule has 5 atom stereocenters. The van der Waals surface area contributed by atoms with Crippen LogP contribution in [0.25, 0.3) is 0 Å². The van der Waals surface area contributed by atoms with Crippen molar-refractivity contribution in [2.45, 2.75) is 39.2 Å². The van der Waals surface area contributed by atoms with Crippen LogP contribution in [0.15, 0.2) is 60.7 Å². The smallest absolute Gasteiger partial charge is 0.310 e. The molecule has 3 rings (SSSR count). The molecule has 24 heavy (non-hydrogen) atoms. The molecule has 1 fully saturated rings. The fourth-order valence-corrected chi connectivity index (χ4v) is 4.22. The predicted molar refractivity (Wildman–Crippen MR) is 96.6 cm³/mol. The van der Waals surface area contributed by atoms with Gasteiger partial charge in [-0.2, -0.15) is 0 Å². The van der Waals surface area contributed by atoms with Crippen molar-refractivity contribution in [1.29, 1.82) is 0 Å². The number of esters is 1. The maximum atomic E-state index is 12.9. The van der Waals surface area contributed by atoms with Crippen molar-refractivity contribution in [3.05, 3.63) is 71.8 Å². The molecule has 0 aliphatic heterocycles. The minimum atomic E-state index is -0.205. The quantitative estimate of drug-likeness (QED) is 0.692. The number of hydrogen-bond donors (Lipinski definition) is 0. The van der Waals surface area contributed by atoms with Gasteiger partial charge in [-0.25, -0.2) is 0 Å². The van der Waals surface area contributed by atoms with Gasteiger partial charge in [0.2, 0.25) is 0 Å². The molecule has 0 saturated heterocycles. The maximum absolute atomic E-state index is 12.9. The molecule has 0 bridgehead atoms. The standard InChI is InChI=1S/C22H26O2/c1-4-19-15(2)20(18-13-9-6-10-14-18)21(19)22(23)24-16(3)17-11-7-5-8-12-17/h5-16,19-21H,4H2,1-3H3. The summed E-state index contributed by atoms with van der Waals surface area (Å²) in [7, 11) is 0. The summed E-state index contributed by atoms with van der Waals surface area (Å²) < 4.78 is 5.83. The molecule has 2 nitrogen and oxygen atoms in total. The van der Waals surface area contributed by atoms with Crippen LogP contribution in [0, 0.1) is 17.8 Å². The first-order chi connectivity index (χ1) is 11.6. The van der Waals surface area contributed by atoms with Crippen molar-refractivity contribution in [2.75, 3.05) is 0 Å². The van der Waals surface area contributed by atoms with Crippen LogP contribution in [0.4, 0.5) is 0 Å². The summed E-state index contributed by atoms with van der Waals surface area (Å²) in [6.45, 7) is 6.38. The highest BCUT2D eigenvalue weighted by molar-refractivity contribution is 5.76. The molecule has 0 heterocycles. The second kappa shape index (κ2) is 7.21. The molecule has 1 aliphatic rings. The van der Waals surface area contributed by atoms with E-state index in [4.69, 9.17) is 4.74 Å². The molecule has 0 N–H and O–H groups in total. The van der Waals surface area contributed by atoms with Gasteiger partial charge in [-0.15, -0.1) is 0 Å². The highest BCUT2D eigenvalue weighted by Crippen LogP contribution is 2.54. The molecule has 0 radical (unpaired) electrons. The van der Waals surface area contributed by atoms with Gasteiger partial charge in [0.25, 0.3) is 0 Å². The maximum Gasteiger partial charge on any atom is 0.310 e. The van der Waals surface area contributed by atoms with Gasteiger partial charge >= 0.3 is 5.97 Å². The number of carbonyl (C=O) groups excluding carboxylic acids is 1. The number of benzene rings is 2. The first-order valence-electron chi connectivity index (χ1n) is 8.93. The normalized spacial score (nSPS) is 27.1. The zero-order valence-electron chi connectivity index (χ0n) is 14.7. The van der Waals surface area contributed by atoms with Crippen LogP contribution < -0.4 is 0 Å². The van der Waals surface area contributed by atoms with Crippen molar-refractivity contribution in [3.8, 4) is 0 Å². The van der Waals surface area contributed by atoms with E-state index < -0.39 is 0 Å². The second-order valence-corrected chi connectivity index (χ2v) is 6.88. The summed E-state index contributed by atoms with van der Waals surface area (Å²) in [6.07, 6.45) is 0.813. The Morgan fingerprint density at radius 3 is 2.21 bits per heavy atom. The van der Waals surface area contributed by atoms with Gasteiger partial charge in [0.05, 0.1) is 5.92 Å². The largest absolute Gasteiger partial charge is 0.458 e. The van der Waals surface area contributed by atoms with E-state index in [2.05, 4.69) is 38.1 Å². The molecule has 2 aromatic carbocycles. The Balaban J connectivity index is 1.76. The minimum Gasteiger partial charge on any atom is -0.458 e. The third kappa shape index (κ3) is 3.10. The van der Waals surface area contributed by atoms with Crippen molar-refractivity contribution >= 4 is 5.97 Å². The second-order valence-electron chi connectivity index (χ2n) is 6.88. The van der Waals surface area contributed by atoms with Crippen LogP contribution in [0.2, 0.25) is 0 Å². The molecular formula is C22H26O2. The van der Waals surface area contributed by atoms with Crippen LogP contribution in [-0.4, -0.2) is 5.97 Å². The summed E-state index contributed by atoms with van der Waals surface area (Å²) in [5.74, 6) is 1.11. The lowest BCUT2D eigenvalue weighted by Crippen LogP contribution is -2.48. The van der Waals surface area contributed by atoms with Crippen molar-refractivity contribution < 1.29 is 9.53 Å². The highest BCUT2D eigenvalue weighted by Gasteiger charge is 2.52. The van der Waals surface area contributed by atoms with E-state index in [1.54, 1.807) is 0 Å². The van der Waals surface area contributed by atoms with E-state index in [-0.39, 0.29) is 23.9 Å². The molecule has 0 amide bonds. The molecule has 1 saturated carbocycles. The molecule has 2 heteroatoms. The number of ether oxygens (including phenoxy) is 1. The summed E-state index contributed by atoms with van der Waals surface area (Å²) in [4.78, 5) is 12.9. The lowest BCUT2D eigenvalue weighted by atomic mass is 9.54. The van der Waals surface area contributed by atoms with E-state index >= 15 is 0 Å². The minimum absolute atomic E-state index is 0.0291. The third-order valence-corrected chi connectivity index (χ3v) is 5.58. The van der Waals surface area contributed by atoms with Crippen molar-refractivity contribution in [1.82, 2.24) is 0 Å². The highest BCUT2D eigenvalue weighted by atomic mass is 16.5. The number of rotatable bonds is 5. The van der Waals surface area contributed by atoms with E-state index in [1.165, 1.54) is 5.56 Å². The van der Waals surface area contributed by atoms with Crippen LogP contribution in [0.5, 0.6) is 0 Å². The van der Waals surface area contributed by atoms with Crippen LogP contribution >= 0.6 is 0 Å². The van der Waals surface area contributed by atoms with Gasteiger partial charge in [-0.3, -0.25) is 4.79 Å². The predicted octanol–water partition coefficient (Wildman–Crippen LogP) is 5.37. The molecule has 0 spiro atoms. The lowest BCUT2D eigenvalue weighted by Gasteiger charge is -2.49. The molecule has 1 aliphatic carbocycles. The molecule has 0 aromatic heterocycles. The van der Waals surface area contributed by atoms with Gasteiger partial charge < -0.3 is 4.74 Å². The van der Waals surface area contributed by atoms with Gasteiger partial charge in [0.15, 0.2) is 0 Å². The van der Waals surface area contributed by atoms with E-state index in [1.807, 2.05) is 43.3 Å². The Morgan fingerprint density at radius 2 is 1.62 bits per heavy atom. The first kappa shape index (κ1) is 16.8. The van der Waals surface area contributed by atoms with E-state index in [9.17, 15) is 4.79 Å². The fourth-order valence-electron chi connectivity index (χ4n) is 4.22. The first-order valence-corrected chi connectivity index (χ1v) is 8.93. The summed E-state index contributed by atoms with van der Waals surface area (Å²) in [5, 5.41) is 0. The molecule has 2 aromatic rings. The average molecular weight is 322 g/mol. The molecular weight excluding hydrogens is 296 g/mol. The van der Waals surface area contributed by atoms with Crippen molar-refractivity contribution in [3.63, 3.8) is 0 Å². The van der Waals surface area contributed by atoms with Crippen molar-refractivity contribution in [2.24, 2.45) is 17.8 Å². The topological polar surface area (TPSA) is 26.3 Å². The Labute approximate surface area is 144 Å².